The molecule has 84 valence electrons. The lowest BCUT2D eigenvalue weighted by atomic mass is 9.82. The lowest BCUT2D eigenvalue weighted by Crippen LogP contribution is -2.23. The van der Waals surface area contributed by atoms with E-state index < -0.39 is 0 Å². The molecular formula is C11H18ClN3. The van der Waals surface area contributed by atoms with Crippen LogP contribution in [-0.4, -0.2) is 14.8 Å². The minimum Gasteiger partial charge on any atom is -0.313 e. The molecule has 3 nitrogen and oxygen atoms in total. The van der Waals surface area contributed by atoms with E-state index in [1.807, 2.05) is 6.33 Å². The van der Waals surface area contributed by atoms with Gasteiger partial charge in [0, 0.05) is 6.04 Å². The Morgan fingerprint density at radius 2 is 2.27 bits per heavy atom. The highest BCUT2D eigenvalue weighted by Crippen LogP contribution is 2.36. The first kappa shape index (κ1) is 10.9. The van der Waals surface area contributed by atoms with Crippen LogP contribution in [0, 0.1) is 5.92 Å². The summed E-state index contributed by atoms with van der Waals surface area (Å²) >= 11 is 5.86. The van der Waals surface area contributed by atoms with Crippen molar-refractivity contribution in [1.82, 2.24) is 14.8 Å². The van der Waals surface area contributed by atoms with Crippen LogP contribution in [0.3, 0.4) is 0 Å². The fraction of sp³-hybridized carbons (Fsp3) is 0.818. The Labute approximate surface area is 95.8 Å². The largest absolute Gasteiger partial charge is 0.313 e. The van der Waals surface area contributed by atoms with Gasteiger partial charge in [0.2, 0.25) is 0 Å². The maximum absolute atomic E-state index is 5.86. The fourth-order valence-corrected chi connectivity index (χ4v) is 2.86. The zero-order valence-electron chi connectivity index (χ0n) is 9.19. The molecule has 1 aromatic rings. The van der Waals surface area contributed by atoms with Gasteiger partial charge in [0.1, 0.15) is 12.2 Å². The van der Waals surface area contributed by atoms with Crippen LogP contribution in [0.5, 0.6) is 0 Å². The van der Waals surface area contributed by atoms with Gasteiger partial charge >= 0.3 is 0 Å². The highest BCUT2D eigenvalue weighted by Gasteiger charge is 2.26. The second-order valence-electron chi connectivity index (χ2n) is 4.31. The zero-order chi connectivity index (χ0) is 10.7. The van der Waals surface area contributed by atoms with Crippen molar-refractivity contribution >= 4 is 11.6 Å². The van der Waals surface area contributed by atoms with Crippen LogP contribution < -0.4 is 0 Å². The van der Waals surface area contributed by atoms with Crippen molar-refractivity contribution in [3.8, 4) is 0 Å². The average molecular weight is 228 g/mol. The van der Waals surface area contributed by atoms with Crippen LogP contribution in [0.2, 0.25) is 0 Å². The Balaban J connectivity index is 2.20. The predicted octanol–water partition coefficient (Wildman–Crippen LogP) is 3.16. The topological polar surface area (TPSA) is 30.7 Å². The molecular weight excluding hydrogens is 210 g/mol. The van der Waals surface area contributed by atoms with Gasteiger partial charge in [-0.25, -0.2) is 0 Å². The molecule has 1 aromatic heterocycles. The Kier molecular flexibility index (Phi) is 3.62. The molecule has 15 heavy (non-hydrogen) atoms. The van der Waals surface area contributed by atoms with Gasteiger partial charge in [-0.15, -0.1) is 21.8 Å². The fourth-order valence-electron chi connectivity index (χ4n) is 2.67. The van der Waals surface area contributed by atoms with E-state index in [9.17, 15) is 0 Å². The van der Waals surface area contributed by atoms with Crippen molar-refractivity contribution in [2.24, 2.45) is 5.92 Å². The lowest BCUT2D eigenvalue weighted by Gasteiger charge is -2.32. The van der Waals surface area contributed by atoms with Gasteiger partial charge in [-0.1, -0.05) is 26.2 Å². The van der Waals surface area contributed by atoms with E-state index in [-0.39, 0.29) is 0 Å². The molecule has 1 aliphatic rings. The highest BCUT2D eigenvalue weighted by molar-refractivity contribution is 6.16. The third-order valence-corrected chi connectivity index (χ3v) is 3.76. The van der Waals surface area contributed by atoms with E-state index in [1.165, 1.54) is 32.1 Å². The third kappa shape index (κ3) is 2.17. The van der Waals surface area contributed by atoms with Gasteiger partial charge < -0.3 is 4.57 Å². The summed E-state index contributed by atoms with van der Waals surface area (Å²) in [7, 11) is 0. The van der Waals surface area contributed by atoms with E-state index in [0.29, 0.717) is 11.9 Å². The van der Waals surface area contributed by atoms with Gasteiger partial charge in [0.15, 0.2) is 0 Å². The van der Waals surface area contributed by atoms with E-state index in [0.717, 1.165) is 11.7 Å². The number of nitrogens with zero attached hydrogens (tertiary/aromatic N) is 3. The Morgan fingerprint density at radius 1 is 1.47 bits per heavy atom. The molecule has 2 unspecified atom stereocenters. The Bertz CT molecular complexity index is 311. The summed E-state index contributed by atoms with van der Waals surface area (Å²) < 4.78 is 2.19. The van der Waals surface area contributed by atoms with Gasteiger partial charge in [-0.3, -0.25) is 0 Å². The van der Waals surface area contributed by atoms with Crippen molar-refractivity contribution < 1.29 is 0 Å². The van der Waals surface area contributed by atoms with Crippen LogP contribution in [0.25, 0.3) is 0 Å². The molecule has 0 spiro atoms. The molecule has 2 rings (SSSR count). The number of hydrogen-bond acceptors (Lipinski definition) is 2. The van der Waals surface area contributed by atoms with Crippen molar-refractivity contribution in [3.63, 3.8) is 0 Å². The first-order valence-electron chi connectivity index (χ1n) is 5.81. The summed E-state index contributed by atoms with van der Waals surface area (Å²) in [5.41, 5.74) is 0. The molecule has 4 heteroatoms. The molecule has 0 amide bonds. The number of hydrogen-bond donors (Lipinski definition) is 0. The molecule has 0 aliphatic heterocycles. The Hall–Kier alpha value is -0.570. The smallest absolute Gasteiger partial charge is 0.148 e. The van der Waals surface area contributed by atoms with Crippen LogP contribution in [-0.2, 0) is 5.88 Å². The van der Waals surface area contributed by atoms with E-state index in [1.54, 1.807) is 0 Å². The molecule has 1 heterocycles. The maximum atomic E-state index is 5.86. The van der Waals surface area contributed by atoms with Gasteiger partial charge in [0.05, 0.1) is 5.88 Å². The molecule has 1 saturated carbocycles. The van der Waals surface area contributed by atoms with Gasteiger partial charge in [0.25, 0.3) is 0 Å². The summed E-state index contributed by atoms with van der Waals surface area (Å²) in [4.78, 5) is 0. The summed E-state index contributed by atoms with van der Waals surface area (Å²) in [6.45, 7) is 2.27. The highest BCUT2D eigenvalue weighted by atomic mass is 35.5. The molecule has 0 saturated heterocycles. The quantitative estimate of drug-likeness (QED) is 0.743. The third-order valence-electron chi connectivity index (χ3n) is 3.52. The minimum absolute atomic E-state index is 0.465. The van der Waals surface area contributed by atoms with Gasteiger partial charge in [-0.2, -0.15) is 0 Å². The van der Waals surface area contributed by atoms with E-state index in [4.69, 9.17) is 11.6 Å². The van der Waals surface area contributed by atoms with Crippen LogP contribution in [0.1, 0.15) is 50.9 Å². The second kappa shape index (κ2) is 4.97. The van der Waals surface area contributed by atoms with Crippen LogP contribution in [0.15, 0.2) is 6.33 Å². The molecule has 2 atom stereocenters. The molecule has 0 aromatic carbocycles. The Morgan fingerprint density at radius 3 is 3.00 bits per heavy atom. The first-order chi connectivity index (χ1) is 7.36. The predicted molar refractivity (Wildman–Crippen MR) is 60.9 cm³/mol. The average Bonchev–Trinajstić information content (AvgIpc) is 2.76. The normalized spacial score (nSPS) is 26.8. The molecule has 0 bridgehead atoms. The molecule has 0 radical (unpaired) electrons. The number of alkyl halides is 1. The standard InChI is InChI=1S/C11H18ClN3/c1-2-9-5-3-4-6-10(9)15-8-13-14-11(15)7-12/h8-10H,2-7H2,1H3. The number of halogens is 1. The molecule has 1 aliphatic carbocycles. The van der Waals surface area contributed by atoms with E-state index in [2.05, 4.69) is 21.7 Å². The minimum atomic E-state index is 0.465. The van der Waals surface area contributed by atoms with Crippen molar-refractivity contribution in [2.75, 3.05) is 0 Å². The van der Waals surface area contributed by atoms with Crippen molar-refractivity contribution in [1.29, 1.82) is 0 Å². The lowest BCUT2D eigenvalue weighted by molar-refractivity contribution is 0.229. The number of aromatic nitrogens is 3. The molecule has 0 N–H and O–H groups in total. The second-order valence-corrected chi connectivity index (χ2v) is 4.58. The zero-order valence-corrected chi connectivity index (χ0v) is 9.95. The summed E-state index contributed by atoms with van der Waals surface area (Å²) in [6.07, 6.45) is 8.36. The van der Waals surface area contributed by atoms with Crippen LogP contribution in [0.4, 0.5) is 0 Å². The summed E-state index contributed by atoms with van der Waals surface area (Å²) in [5.74, 6) is 2.16. The summed E-state index contributed by atoms with van der Waals surface area (Å²) in [5, 5.41) is 8.03. The SMILES string of the molecule is CCC1CCCCC1n1cnnc1CCl. The maximum Gasteiger partial charge on any atom is 0.148 e. The monoisotopic (exact) mass is 227 g/mol. The number of rotatable bonds is 3. The molecule has 1 fully saturated rings. The van der Waals surface area contributed by atoms with Crippen LogP contribution >= 0.6 is 11.6 Å². The van der Waals surface area contributed by atoms with E-state index >= 15 is 0 Å². The summed E-state index contributed by atoms with van der Waals surface area (Å²) in [6, 6.07) is 0.576. The van der Waals surface area contributed by atoms with Gasteiger partial charge in [-0.05, 0) is 18.8 Å². The first-order valence-corrected chi connectivity index (χ1v) is 6.34. The van der Waals surface area contributed by atoms with Crippen molar-refractivity contribution in [2.45, 2.75) is 50.9 Å². The van der Waals surface area contributed by atoms with Crippen molar-refractivity contribution in [3.05, 3.63) is 12.2 Å².